The Balaban J connectivity index is 1.83. The highest BCUT2D eigenvalue weighted by molar-refractivity contribution is 5.74. The van der Waals surface area contributed by atoms with Crippen LogP contribution in [-0.4, -0.2) is 41.1 Å². The summed E-state index contributed by atoms with van der Waals surface area (Å²) in [5, 5.41) is 10.4. The van der Waals surface area contributed by atoms with Gasteiger partial charge in [0.1, 0.15) is 0 Å². The minimum atomic E-state index is -0.114. The molecule has 1 saturated heterocycles. The van der Waals surface area contributed by atoms with Crippen LogP contribution in [-0.2, 0) is 18.2 Å². The first-order valence-corrected chi connectivity index (χ1v) is 7.61. The summed E-state index contributed by atoms with van der Waals surface area (Å²) in [5.41, 5.74) is 3.40. The lowest BCUT2D eigenvalue weighted by Crippen LogP contribution is -2.48. The van der Waals surface area contributed by atoms with E-state index >= 15 is 0 Å². The SMILES string of the molecule is Cc1nn(C)c(C)c1CC(C)NC(=O)NC1CCCOC1. The first kappa shape index (κ1) is 15.8. The average molecular weight is 294 g/mol. The second-order valence-electron chi connectivity index (χ2n) is 5.91. The van der Waals surface area contributed by atoms with Crippen LogP contribution in [0.5, 0.6) is 0 Å². The van der Waals surface area contributed by atoms with Gasteiger partial charge in [-0.05, 0) is 45.6 Å². The molecule has 1 aromatic rings. The zero-order valence-electron chi connectivity index (χ0n) is 13.4. The zero-order valence-corrected chi connectivity index (χ0v) is 13.4. The lowest BCUT2D eigenvalue weighted by atomic mass is 10.1. The Labute approximate surface area is 126 Å². The molecule has 2 rings (SSSR count). The molecule has 2 amide bonds. The summed E-state index contributed by atoms with van der Waals surface area (Å²) < 4.78 is 7.25. The molecule has 0 bridgehead atoms. The van der Waals surface area contributed by atoms with Crippen LogP contribution in [0.2, 0.25) is 0 Å². The summed E-state index contributed by atoms with van der Waals surface area (Å²) in [6, 6.07) is 0.0844. The van der Waals surface area contributed by atoms with Gasteiger partial charge in [-0.1, -0.05) is 0 Å². The second-order valence-corrected chi connectivity index (χ2v) is 5.91. The summed E-state index contributed by atoms with van der Waals surface area (Å²) in [4.78, 5) is 12.0. The van der Waals surface area contributed by atoms with Crippen LogP contribution in [0.4, 0.5) is 4.79 Å². The Hall–Kier alpha value is -1.56. The third-order valence-corrected chi connectivity index (χ3v) is 4.04. The fourth-order valence-corrected chi connectivity index (χ4v) is 2.78. The van der Waals surface area contributed by atoms with E-state index in [0.29, 0.717) is 6.61 Å². The molecule has 118 valence electrons. The number of aromatic nitrogens is 2. The van der Waals surface area contributed by atoms with Gasteiger partial charge in [-0.15, -0.1) is 0 Å². The molecule has 1 aliphatic rings. The average Bonchev–Trinajstić information content (AvgIpc) is 2.66. The molecule has 2 unspecified atom stereocenters. The van der Waals surface area contributed by atoms with Gasteiger partial charge in [0, 0.05) is 25.4 Å². The first-order valence-electron chi connectivity index (χ1n) is 7.61. The highest BCUT2D eigenvalue weighted by Gasteiger charge is 2.18. The largest absolute Gasteiger partial charge is 0.379 e. The van der Waals surface area contributed by atoms with Crippen molar-refractivity contribution in [3.05, 3.63) is 17.0 Å². The van der Waals surface area contributed by atoms with E-state index in [-0.39, 0.29) is 18.1 Å². The number of hydrogen-bond acceptors (Lipinski definition) is 3. The van der Waals surface area contributed by atoms with E-state index in [1.165, 1.54) is 5.56 Å². The van der Waals surface area contributed by atoms with Gasteiger partial charge < -0.3 is 15.4 Å². The summed E-state index contributed by atoms with van der Waals surface area (Å²) in [7, 11) is 1.94. The molecule has 6 heteroatoms. The Kier molecular flexibility index (Phi) is 5.22. The molecule has 0 spiro atoms. The number of aryl methyl sites for hydroxylation is 2. The van der Waals surface area contributed by atoms with Crippen LogP contribution < -0.4 is 10.6 Å². The number of carbonyl (C=O) groups is 1. The monoisotopic (exact) mass is 294 g/mol. The van der Waals surface area contributed by atoms with Crippen LogP contribution in [0.15, 0.2) is 0 Å². The van der Waals surface area contributed by atoms with Gasteiger partial charge in [-0.25, -0.2) is 4.79 Å². The summed E-state index contributed by atoms with van der Waals surface area (Å²) in [5.74, 6) is 0. The first-order chi connectivity index (χ1) is 9.97. The number of urea groups is 1. The van der Waals surface area contributed by atoms with E-state index in [1.807, 2.05) is 25.6 Å². The maximum atomic E-state index is 12.0. The van der Waals surface area contributed by atoms with E-state index in [0.717, 1.165) is 37.3 Å². The molecule has 21 heavy (non-hydrogen) atoms. The lowest BCUT2D eigenvalue weighted by Gasteiger charge is -2.24. The Morgan fingerprint density at radius 2 is 2.29 bits per heavy atom. The molecule has 1 fully saturated rings. The highest BCUT2D eigenvalue weighted by atomic mass is 16.5. The summed E-state index contributed by atoms with van der Waals surface area (Å²) in [6.07, 6.45) is 2.79. The molecule has 2 heterocycles. The van der Waals surface area contributed by atoms with Gasteiger partial charge in [-0.3, -0.25) is 4.68 Å². The van der Waals surface area contributed by atoms with Gasteiger partial charge in [0.05, 0.1) is 18.3 Å². The quantitative estimate of drug-likeness (QED) is 0.883. The molecule has 6 nitrogen and oxygen atoms in total. The second kappa shape index (κ2) is 6.93. The van der Waals surface area contributed by atoms with Crippen LogP contribution in [0.25, 0.3) is 0 Å². The minimum absolute atomic E-state index is 0.0658. The number of hydrogen-bond donors (Lipinski definition) is 2. The third-order valence-electron chi connectivity index (χ3n) is 4.04. The normalized spacial score (nSPS) is 20.1. The molecule has 0 aliphatic carbocycles. The zero-order chi connectivity index (χ0) is 15.4. The highest BCUT2D eigenvalue weighted by Crippen LogP contribution is 2.14. The molecule has 0 aromatic carbocycles. The Bertz CT molecular complexity index is 492. The van der Waals surface area contributed by atoms with Crippen LogP contribution in [0.3, 0.4) is 0 Å². The van der Waals surface area contributed by atoms with Crippen molar-refractivity contribution in [1.29, 1.82) is 0 Å². The van der Waals surface area contributed by atoms with Crippen LogP contribution >= 0.6 is 0 Å². The lowest BCUT2D eigenvalue weighted by molar-refractivity contribution is 0.0730. The number of amides is 2. The van der Waals surface area contributed by atoms with Gasteiger partial charge in [0.2, 0.25) is 0 Å². The third kappa shape index (κ3) is 4.20. The number of nitrogens with one attached hydrogen (secondary N) is 2. The molecule has 1 aromatic heterocycles. The molecule has 2 atom stereocenters. The smallest absolute Gasteiger partial charge is 0.315 e. The van der Waals surface area contributed by atoms with Crippen molar-refractivity contribution in [3.8, 4) is 0 Å². The Morgan fingerprint density at radius 1 is 1.52 bits per heavy atom. The number of carbonyl (C=O) groups excluding carboxylic acids is 1. The van der Waals surface area contributed by atoms with E-state index in [4.69, 9.17) is 4.74 Å². The number of ether oxygens (including phenoxy) is 1. The van der Waals surface area contributed by atoms with Crippen molar-refractivity contribution < 1.29 is 9.53 Å². The van der Waals surface area contributed by atoms with Gasteiger partial charge >= 0.3 is 6.03 Å². The number of rotatable bonds is 4. The summed E-state index contributed by atoms with van der Waals surface area (Å²) in [6.45, 7) is 7.50. The van der Waals surface area contributed by atoms with E-state index in [9.17, 15) is 4.79 Å². The van der Waals surface area contributed by atoms with E-state index in [2.05, 4.69) is 22.7 Å². The van der Waals surface area contributed by atoms with Gasteiger partial charge in [0.25, 0.3) is 0 Å². The van der Waals surface area contributed by atoms with E-state index in [1.54, 1.807) is 0 Å². The predicted molar refractivity (Wildman–Crippen MR) is 81.4 cm³/mol. The van der Waals surface area contributed by atoms with Gasteiger partial charge in [-0.2, -0.15) is 5.10 Å². The maximum absolute atomic E-state index is 12.0. The van der Waals surface area contributed by atoms with Crippen molar-refractivity contribution in [2.24, 2.45) is 7.05 Å². The fourth-order valence-electron chi connectivity index (χ4n) is 2.78. The maximum Gasteiger partial charge on any atom is 0.315 e. The molecular weight excluding hydrogens is 268 g/mol. The van der Waals surface area contributed by atoms with Crippen molar-refractivity contribution in [2.45, 2.75) is 52.1 Å². The van der Waals surface area contributed by atoms with Crippen molar-refractivity contribution >= 4 is 6.03 Å². The minimum Gasteiger partial charge on any atom is -0.379 e. The van der Waals surface area contributed by atoms with Crippen LogP contribution in [0.1, 0.15) is 36.7 Å². The topological polar surface area (TPSA) is 68.2 Å². The van der Waals surface area contributed by atoms with E-state index < -0.39 is 0 Å². The van der Waals surface area contributed by atoms with Crippen molar-refractivity contribution in [2.75, 3.05) is 13.2 Å². The predicted octanol–water partition coefficient (Wildman–Crippen LogP) is 1.45. The van der Waals surface area contributed by atoms with Crippen molar-refractivity contribution in [1.82, 2.24) is 20.4 Å². The molecule has 0 radical (unpaired) electrons. The fraction of sp³-hybridized carbons (Fsp3) is 0.733. The summed E-state index contributed by atoms with van der Waals surface area (Å²) >= 11 is 0. The molecule has 1 aliphatic heterocycles. The Morgan fingerprint density at radius 3 is 2.86 bits per heavy atom. The molecule has 0 saturated carbocycles. The molecule has 2 N–H and O–H groups in total. The van der Waals surface area contributed by atoms with Crippen LogP contribution in [0, 0.1) is 13.8 Å². The number of nitrogens with zero attached hydrogens (tertiary/aromatic N) is 2. The van der Waals surface area contributed by atoms with Crippen molar-refractivity contribution in [3.63, 3.8) is 0 Å². The van der Waals surface area contributed by atoms with Gasteiger partial charge in [0.15, 0.2) is 0 Å². The molecular formula is C15H26N4O2. The standard InChI is InChI=1S/C15H26N4O2/c1-10(8-14-11(2)18-19(4)12(14)3)16-15(20)17-13-6-5-7-21-9-13/h10,13H,5-9H2,1-4H3,(H2,16,17,20).